The average Bonchev–Trinajstić information content (AvgIpc) is 2.39. The fraction of sp³-hybridized carbons (Fsp3) is 0.273. The lowest BCUT2D eigenvalue weighted by atomic mass is 9.89. The second kappa shape index (κ2) is 3.08. The summed E-state index contributed by atoms with van der Waals surface area (Å²) < 4.78 is 0. The highest BCUT2D eigenvalue weighted by atomic mass is 16.4. The third kappa shape index (κ3) is 1.48. The van der Waals surface area contributed by atoms with E-state index in [2.05, 4.69) is 5.32 Å². The van der Waals surface area contributed by atoms with Gasteiger partial charge in [0, 0.05) is 5.56 Å². The Morgan fingerprint density at radius 1 is 1.47 bits per heavy atom. The first kappa shape index (κ1) is 9.71. The first-order valence-corrected chi connectivity index (χ1v) is 4.67. The van der Waals surface area contributed by atoms with Gasteiger partial charge in [0.15, 0.2) is 0 Å². The van der Waals surface area contributed by atoms with Gasteiger partial charge in [-0.05, 0) is 18.6 Å². The summed E-state index contributed by atoms with van der Waals surface area (Å²) in [6.07, 6.45) is -0.101. The molecular formula is C11H11NO3. The highest BCUT2D eigenvalue weighted by Gasteiger charge is 2.40. The Hall–Kier alpha value is -1.84. The standard InChI is InChI=1S/C11H11NO3/c1-11(6-9(13)14)8-5-3-2-4-7(8)10(15)12-11/h2-5H,6H2,1H3,(H,12,15)(H,13,14). The van der Waals surface area contributed by atoms with Crippen LogP contribution in [0.25, 0.3) is 0 Å². The molecular weight excluding hydrogens is 194 g/mol. The number of hydrogen-bond donors (Lipinski definition) is 2. The van der Waals surface area contributed by atoms with Gasteiger partial charge in [-0.25, -0.2) is 0 Å². The van der Waals surface area contributed by atoms with Crippen molar-refractivity contribution in [1.82, 2.24) is 5.32 Å². The maximum atomic E-state index is 11.6. The van der Waals surface area contributed by atoms with E-state index in [-0.39, 0.29) is 12.3 Å². The maximum absolute atomic E-state index is 11.6. The summed E-state index contributed by atoms with van der Waals surface area (Å²) in [4.78, 5) is 22.3. The zero-order valence-electron chi connectivity index (χ0n) is 8.28. The third-order valence-corrected chi connectivity index (χ3v) is 2.66. The molecule has 1 aromatic rings. The van der Waals surface area contributed by atoms with Crippen molar-refractivity contribution in [2.45, 2.75) is 18.9 Å². The lowest BCUT2D eigenvalue weighted by molar-refractivity contribution is -0.138. The lowest BCUT2D eigenvalue weighted by Gasteiger charge is -2.23. The van der Waals surface area contributed by atoms with E-state index in [0.29, 0.717) is 5.56 Å². The maximum Gasteiger partial charge on any atom is 0.306 e. The van der Waals surface area contributed by atoms with Crippen LogP contribution >= 0.6 is 0 Å². The zero-order valence-corrected chi connectivity index (χ0v) is 8.28. The Labute approximate surface area is 86.9 Å². The molecule has 0 saturated carbocycles. The van der Waals surface area contributed by atoms with Crippen molar-refractivity contribution in [2.24, 2.45) is 0 Å². The van der Waals surface area contributed by atoms with Crippen molar-refractivity contribution in [2.75, 3.05) is 0 Å². The summed E-state index contributed by atoms with van der Waals surface area (Å²) in [7, 11) is 0. The summed E-state index contributed by atoms with van der Waals surface area (Å²) in [6, 6.07) is 7.07. The van der Waals surface area contributed by atoms with Gasteiger partial charge in [-0.3, -0.25) is 9.59 Å². The van der Waals surface area contributed by atoms with E-state index in [1.165, 1.54) is 0 Å². The van der Waals surface area contributed by atoms with Gasteiger partial charge in [0.05, 0.1) is 12.0 Å². The second-order valence-electron chi connectivity index (χ2n) is 3.90. The molecule has 0 bridgehead atoms. The Kier molecular flexibility index (Phi) is 2.00. The smallest absolute Gasteiger partial charge is 0.306 e. The fourth-order valence-corrected chi connectivity index (χ4v) is 1.99. The Morgan fingerprint density at radius 3 is 2.80 bits per heavy atom. The van der Waals surface area contributed by atoms with Crippen molar-refractivity contribution in [3.05, 3.63) is 35.4 Å². The molecule has 0 aliphatic carbocycles. The Bertz CT molecular complexity index is 437. The number of hydrogen-bond acceptors (Lipinski definition) is 2. The van der Waals surface area contributed by atoms with Crippen molar-refractivity contribution in [3.63, 3.8) is 0 Å². The van der Waals surface area contributed by atoms with E-state index in [1.807, 2.05) is 0 Å². The minimum Gasteiger partial charge on any atom is -0.481 e. The van der Waals surface area contributed by atoms with Gasteiger partial charge in [0.1, 0.15) is 0 Å². The number of benzene rings is 1. The molecule has 0 aromatic heterocycles. The molecule has 4 heteroatoms. The summed E-state index contributed by atoms with van der Waals surface area (Å²) in [5.74, 6) is -1.12. The molecule has 1 unspecified atom stereocenters. The number of nitrogens with one attached hydrogen (secondary N) is 1. The van der Waals surface area contributed by atoms with Crippen molar-refractivity contribution >= 4 is 11.9 Å². The van der Waals surface area contributed by atoms with Crippen LogP contribution < -0.4 is 5.32 Å². The van der Waals surface area contributed by atoms with Gasteiger partial charge in [-0.2, -0.15) is 0 Å². The first-order chi connectivity index (χ1) is 7.03. The number of rotatable bonds is 2. The van der Waals surface area contributed by atoms with Gasteiger partial charge in [-0.1, -0.05) is 18.2 Å². The minimum absolute atomic E-state index is 0.101. The number of carboxylic acid groups (broad SMARTS) is 1. The number of amides is 1. The van der Waals surface area contributed by atoms with Crippen molar-refractivity contribution in [3.8, 4) is 0 Å². The van der Waals surface area contributed by atoms with E-state index in [1.54, 1.807) is 31.2 Å². The normalized spacial score (nSPS) is 23.4. The van der Waals surface area contributed by atoms with Crippen LogP contribution in [0.1, 0.15) is 29.3 Å². The molecule has 2 rings (SSSR count). The number of aliphatic carboxylic acids is 1. The van der Waals surface area contributed by atoms with Gasteiger partial charge in [-0.15, -0.1) is 0 Å². The molecule has 1 aliphatic heterocycles. The molecule has 0 saturated heterocycles. The summed E-state index contributed by atoms with van der Waals surface area (Å²) >= 11 is 0. The van der Waals surface area contributed by atoms with Gasteiger partial charge < -0.3 is 10.4 Å². The average molecular weight is 205 g/mol. The molecule has 1 amide bonds. The highest BCUT2D eigenvalue weighted by molar-refractivity contribution is 6.00. The van der Waals surface area contributed by atoms with E-state index < -0.39 is 11.5 Å². The van der Waals surface area contributed by atoms with Gasteiger partial charge in [0.2, 0.25) is 0 Å². The molecule has 0 radical (unpaired) electrons. The van der Waals surface area contributed by atoms with E-state index >= 15 is 0 Å². The van der Waals surface area contributed by atoms with E-state index in [0.717, 1.165) is 5.56 Å². The van der Waals surface area contributed by atoms with Crippen LogP contribution in [0.15, 0.2) is 24.3 Å². The molecule has 78 valence electrons. The quantitative estimate of drug-likeness (QED) is 0.760. The van der Waals surface area contributed by atoms with Crippen LogP contribution in [-0.4, -0.2) is 17.0 Å². The molecule has 1 heterocycles. The van der Waals surface area contributed by atoms with Crippen LogP contribution in [-0.2, 0) is 10.3 Å². The van der Waals surface area contributed by atoms with Crippen LogP contribution in [0, 0.1) is 0 Å². The van der Waals surface area contributed by atoms with Crippen LogP contribution in [0.3, 0.4) is 0 Å². The monoisotopic (exact) mass is 205 g/mol. The zero-order chi connectivity index (χ0) is 11.1. The Morgan fingerprint density at radius 2 is 2.13 bits per heavy atom. The number of carbonyl (C=O) groups is 2. The number of fused-ring (bicyclic) bond motifs is 1. The third-order valence-electron chi connectivity index (χ3n) is 2.66. The molecule has 1 aliphatic rings. The molecule has 15 heavy (non-hydrogen) atoms. The Balaban J connectivity index is 2.47. The summed E-state index contributed by atoms with van der Waals surface area (Å²) in [6.45, 7) is 1.73. The number of carbonyl (C=O) groups excluding carboxylic acids is 1. The second-order valence-corrected chi connectivity index (χ2v) is 3.90. The minimum atomic E-state index is -0.922. The van der Waals surface area contributed by atoms with E-state index in [9.17, 15) is 9.59 Å². The predicted octanol–water partition coefficient (Wildman–Crippen LogP) is 1.12. The molecule has 2 N–H and O–H groups in total. The first-order valence-electron chi connectivity index (χ1n) is 4.67. The number of carboxylic acids is 1. The SMILES string of the molecule is CC1(CC(=O)O)NC(=O)c2ccccc21. The fourth-order valence-electron chi connectivity index (χ4n) is 1.99. The van der Waals surface area contributed by atoms with Crippen LogP contribution in [0.4, 0.5) is 0 Å². The van der Waals surface area contributed by atoms with Crippen LogP contribution in [0.2, 0.25) is 0 Å². The topological polar surface area (TPSA) is 66.4 Å². The van der Waals surface area contributed by atoms with Gasteiger partial charge in [0.25, 0.3) is 5.91 Å². The lowest BCUT2D eigenvalue weighted by Crippen LogP contribution is -2.38. The largest absolute Gasteiger partial charge is 0.481 e. The van der Waals surface area contributed by atoms with E-state index in [4.69, 9.17) is 5.11 Å². The van der Waals surface area contributed by atoms with Crippen molar-refractivity contribution in [1.29, 1.82) is 0 Å². The molecule has 4 nitrogen and oxygen atoms in total. The summed E-state index contributed by atoms with van der Waals surface area (Å²) in [5, 5.41) is 11.5. The summed E-state index contributed by atoms with van der Waals surface area (Å²) in [5.41, 5.74) is 0.554. The molecule has 0 fully saturated rings. The predicted molar refractivity (Wildman–Crippen MR) is 53.5 cm³/mol. The molecule has 1 aromatic carbocycles. The van der Waals surface area contributed by atoms with Gasteiger partial charge >= 0.3 is 5.97 Å². The molecule has 0 spiro atoms. The molecule has 1 atom stereocenters. The highest BCUT2D eigenvalue weighted by Crippen LogP contribution is 2.33. The van der Waals surface area contributed by atoms with Crippen LogP contribution in [0.5, 0.6) is 0 Å². The van der Waals surface area contributed by atoms with Crippen molar-refractivity contribution < 1.29 is 14.7 Å².